The maximum Gasteiger partial charge on any atom is 0.573 e. The number of rotatable bonds is 6. The Morgan fingerprint density at radius 3 is 2.68 bits per heavy atom. The minimum Gasteiger partial charge on any atom is -0.404 e. The zero-order valence-electron chi connectivity index (χ0n) is 13.9. The van der Waals surface area contributed by atoms with Crippen molar-refractivity contribution < 1.29 is 22.4 Å². The number of anilines is 1. The summed E-state index contributed by atoms with van der Waals surface area (Å²) >= 11 is 0. The van der Waals surface area contributed by atoms with Crippen molar-refractivity contribution in [1.29, 1.82) is 0 Å². The Balaban J connectivity index is 1.91. The van der Waals surface area contributed by atoms with Crippen LogP contribution in [0.2, 0.25) is 0 Å². The average molecular weight is 356 g/mol. The third-order valence-electron chi connectivity index (χ3n) is 3.42. The van der Waals surface area contributed by atoms with Crippen molar-refractivity contribution in [2.24, 2.45) is 10.7 Å². The second-order valence-electron chi connectivity index (χ2n) is 5.34. The van der Waals surface area contributed by atoms with E-state index in [1.54, 1.807) is 6.07 Å². The molecule has 0 aliphatic carbocycles. The van der Waals surface area contributed by atoms with Gasteiger partial charge in [0.05, 0.1) is 11.4 Å². The molecule has 2 rings (SSSR count). The van der Waals surface area contributed by atoms with Gasteiger partial charge in [0.2, 0.25) is 0 Å². The number of guanidine groups is 1. The second kappa shape index (κ2) is 7.91. The lowest BCUT2D eigenvalue weighted by molar-refractivity contribution is -0.274. The summed E-state index contributed by atoms with van der Waals surface area (Å²) in [6.07, 6.45) is -3.35. The molecule has 0 amide bonds. The Kier molecular flexibility index (Phi) is 5.89. The predicted molar refractivity (Wildman–Crippen MR) is 87.5 cm³/mol. The van der Waals surface area contributed by atoms with Gasteiger partial charge in [-0.15, -0.1) is 13.2 Å². The lowest BCUT2D eigenvalue weighted by Gasteiger charge is -2.14. The van der Waals surface area contributed by atoms with Gasteiger partial charge in [-0.05, 0) is 38.8 Å². The molecule has 0 aliphatic rings. The molecular weight excluding hydrogens is 337 g/mol. The number of nitrogens with zero attached hydrogens (tertiary/aromatic N) is 2. The highest BCUT2D eigenvalue weighted by Crippen LogP contribution is 2.29. The van der Waals surface area contributed by atoms with Crippen molar-refractivity contribution in [3.05, 3.63) is 41.3 Å². The first-order valence-corrected chi connectivity index (χ1v) is 7.59. The molecular formula is C16H19F3N4O2. The van der Waals surface area contributed by atoms with Crippen LogP contribution in [0.25, 0.3) is 0 Å². The summed E-state index contributed by atoms with van der Waals surface area (Å²) < 4.78 is 46.2. The van der Waals surface area contributed by atoms with Crippen molar-refractivity contribution in [2.75, 3.05) is 11.9 Å². The van der Waals surface area contributed by atoms with E-state index in [2.05, 4.69) is 20.2 Å². The lowest BCUT2D eigenvalue weighted by atomic mass is 10.1. The molecule has 0 spiro atoms. The van der Waals surface area contributed by atoms with Gasteiger partial charge in [0.25, 0.3) is 0 Å². The van der Waals surface area contributed by atoms with Gasteiger partial charge in [0.1, 0.15) is 5.76 Å². The van der Waals surface area contributed by atoms with Gasteiger partial charge in [-0.2, -0.15) is 0 Å². The number of hydrogen-bond acceptors (Lipinski definition) is 4. The number of aryl methyl sites for hydroxylation is 2. The molecule has 3 N–H and O–H groups in total. The maximum atomic E-state index is 12.4. The molecule has 0 radical (unpaired) electrons. The van der Waals surface area contributed by atoms with E-state index in [1.165, 1.54) is 18.2 Å². The lowest BCUT2D eigenvalue weighted by Crippen LogP contribution is -2.24. The van der Waals surface area contributed by atoms with Crippen molar-refractivity contribution in [3.63, 3.8) is 0 Å². The van der Waals surface area contributed by atoms with E-state index in [-0.39, 0.29) is 17.4 Å². The summed E-state index contributed by atoms with van der Waals surface area (Å²) in [6.45, 7) is 4.11. The molecule has 0 atom stereocenters. The minimum absolute atomic E-state index is 0.0111. The van der Waals surface area contributed by atoms with Crippen molar-refractivity contribution in [1.82, 2.24) is 5.16 Å². The van der Waals surface area contributed by atoms with E-state index in [0.29, 0.717) is 13.0 Å². The summed E-state index contributed by atoms with van der Waals surface area (Å²) in [5.74, 6) is 0.409. The second-order valence-corrected chi connectivity index (χ2v) is 5.34. The molecule has 0 saturated carbocycles. The van der Waals surface area contributed by atoms with Crippen LogP contribution in [0.4, 0.5) is 18.9 Å². The number of benzene rings is 1. The van der Waals surface area contributed by atoms with E-state index in [0.717, 1.165) is 23.4 Å². The Labute approximate surface area is 142 Å². The smallest absolute Gasteiger partial charge is 0.404 e. The minimum atomic E-state index is -4.78. The van der Waals surface area contributed by atoms with Crippen LogP contribution in [0.1, 0.15) is 23.4 Å². The topological polar surface area (TPSA) is 85.7 Å². The van der Waals surface area contributed by atoms with Crippen molar-refractivity contribution >= 4 is 11.6 Å². The van der Waals surface area contributed by atoms with E-state index in [4.69, 9.17) is 10.3 Å². The van der Waals surface area contributed by atoms with Crippen molar-refractivity contribution in [2.45, 2.75) is 33.1 Å². The monoisotopic (exact) mass is 356 g/mol. The number of aromatic nitrogens is 1. The summed E-state index contributed by atoms with van der Waals surface area (Å²) in [7, 11) is 0. The van der Waals surface area contributed by atoms with E-state index >= 15 is 0 Å². The van der Waals surface area contributed by atoms with Gasteiger partial charge in [-0.25, -0.2) is 0 Å². The quantitative estimate of drug-likeness (QED) is 0.470. The van der Waals surface area contributed by atoms with E-state index in [1.807, 2.05) is 13.8 Å². The van der Waals surface area contributed by atoms with Crippen LogP contribution < -0.4 is 15.8 Å². The highest BCUT2D eigenvalue weighted by Gasteiger charge is 2.32. The maximum absolute atomic E-state index is 12.4. The van der Waals surface area contributed by atoms with Crippen LogP contribution in [0.5, 0.6) is 5.75 Å². The number of aliphatic imine (C=N–C) groups is 1. The van der Waals surface area contributed by atoms with Crippen LogP contribution in [0, 0.1) is 13.8 Å². The molecule has 1 aromatic heterocycles. The number of ether oxygens (including phenoxy) is 1. The number of hydrogen-bond donors (Lipinski definition) is 2. The number of nitrogens with two attached hydrogens (primary N) is 1. The van der Waals surface area contributed by atoms with E-state index in [9.17, 15) is 13.2 Å². The standard InChI is InChI=1S/C16H19F3N4O2/c1-10-12(11(2)25-23-10)6-5-9-21-15(20)22-13-7-3-4-8-14(13)24-16(17,18)19/h3-4,7-8H,5-6,9H2,1-2H3,(H3,20,21,22). The van der Waals surface area contributed by atoms with Crippen LogP contribution >= 0.6 is 0 Å². The van der Waals surface area contributed by atoms with Gasteiger partial charge in [-0.1, -0.05) is 17.3 Å². The Morgan fingerprint density at radius 1 is 1.32 bits per heavy atom. The zero-order chi connectivity index (χ0) is 18.4. The molecule has 0 saturated heterocycles. The van der Waals surface area contributed by atoms with Crippen molar-refractivity contribution in [3.8, 4) is 5.75 Å². The highest BCUT2D eigenvalue weighted by atomic mass is 19.4. The number of nitrogens with one attached hydrogen (secondary N) is 1. The Morgan fingerprint density at radius 2 is 2.04 bits per heavy atom. The molecule has 1 heterocycles. The van der Waals surface area contributed by atoms with Crippen LogP contribution in [-0.4, -0.2) is 24.0 Å². The van der Waals surface area contributed by atoms with Gasteiger partial charge >= 0.3 is 6.36 Å². The first kappa shape index (κ1) is 18.6. The third kappa shape index (κ3) is 5.70. The fourth-order valence-electron chi connectivity index (χ4n) is 2.28. The van der Waals surface area contributed by atoms with Gasteiger partial charge < -0.3 is 20.3 Å². The largest absolute Gasteiger partial charge is 0.573 e. The Bertz CT molecular complexity index is 722. The highest BCUT2D eigenvalue weighted by molar-refractivity contribution is 5.93. The van der Waals surface area contributed by atoms with Gasteiger partial charge in [0, 0.05) is 12.1 Å². The average Bonchev–Trinajstić information content (AvgIpc) is 2.83. The molecule has 0 aliphatic heterocycles. The SMILES string of the molecule is Cc1noc(C)c1CCCN=C(N)Nc1ccccc1OC(F)(F)F. The molecule has 136 valence electrons. The van der Waals surface area contributed by atoms with Crippen LogP contribution in [0.15, 0.2) is 33.8 Å². The summed E-state index contributed by atoms with van der Waals surface area (Å²) in [6, 6.07) is 5.62. The molecule has 6 nitrogen and oxygen atoms in total. The van der Waals surface area contributed by atoms with Gasteiger partial charge in [-0.3, -0.25) is 4.99 Å². The summed E-state index contributed by atoms with van der Waals surface area (Å²) in [5, 5.41) is 6.49. The Hall–Kier alpha value is -2.71. The van der Waals surface area contributed by atoms with Crippen LogP contribution in [-0.2, 0) is 6.42 Å². The first-order chi connectivity index (χ1) is 11.8. The first-order valence-electron chi connectivity index (χ1n) is 7.59. The molecule has 25 heavy (non-hydrogen) atoms. The normalized spacial score (nSPS) is 12.3. The molecule has 0 fully saturated rings. The number of para-hydroxylation sites is 2. The van der Waals surface area contributed by atoms with Crippen LogP contribution in [0.3, 0.4) is 0 Å². The fraction of sp³-hybridized carbons (Fsp3) is 0.375. The number of alkyl halides is 3. The zero-order valence-corrected chi connectivity index (χ0v) is 13.9. The molecule has 0 unspecified atom stereocenters. The molecule has 9 heteroatoms. The van der Waals surface area contributed by atoms with E-state index < -0.39 is 6.36 Å². The summed E-state index contributed by atoms with van der Waals surface area (Å²) in [4.78, 5) is 4.11. The van der Waals surface area contributed by atoms with Gasteiger partial charge in [0.15, 0.2) is 11.7 Å². The predicted octanol–water partition coefficient (Wildman–Crippen LogP) is 3.55. The molecule has 0 bridgehead atoms. The number of halogens is 3. The molecule has 2 aromatic rings. The summed E-state index contributed by atoms with van der Waals surface area (Å²) in [5.41, 5.74) is 7.69. The third-order valence-corrected chi connectivity index (χ3v) is 3.42. The fourth-order valence-corrected chi connectivity index (χ4v) is 2.28. The molecule has 1 aromatic carbocycles.